The van der Waals surface area contributed by atoms with Gasteiger partial charge in [-0.15, -0.1) is 0 Å². The number of hydrogen-bond donors (Lipinski definition) is 1. The molecule has 0 saturated carbocycles. The van der Waals surface area contributed by atoms with E-state index in [1.54, 1.807) is 6.92 Å². The molecule has 0 radical (unpaired) electrons. The van der Waals surface area contributed by atoms with E-state index in [1.165, 1.54) is 16.8 Å². The lowest BCUT2D eigenvalue weighted by Crippen LogP contribution is -2.46. The van der Waals surface area contributed by atoms with Crippen LogP contribution in [0.1, 0.15) is 18.1 Å². The molecule has 0 atom stereocenters. The molecule has 25 heavy (non-hydrogen) atoms. The lowest BCUT2D eigenvalue weighted by atomic mass is 10.0. The minimum atomic E-state index is 0.0366. The fourth-order valence-electron chi connectivity index (χ4n) is 3.37. The van der Waals surface area contributed by atoms with Crippen LogP contribution in [0.2, 0.25) is 0 Å². The molecular formula is C21H27N3O. The van der Waals surface area contributed by atoms with Crippen LogP contribution in [0, 0.1) is 0 Å². The number of rotatable bonds is 6. The summed E-state index contributed by atoms with van der Waals surface area (Å²) >= 11 is 0. The molecule has 4 nitrogen and oxygen atoms in total. The number of carbonyl (C=O) groups is 1. The summed E-state index contributed by atoms with van der Waals surface area (Å²) in [7, 11) is 0. The van der Waals surface area contributed by atoms with Gasteiger partial charge in [0.15, 0.2) is 0 Å². The highest BCUT2D eigenvalue weighted by molar-refractivity contribution is 5.72. The third-order valence-corrected chi connectivity index (χ3v) is 4.77. The number of nitrogens with one attached hydrogen (secondary N) is 1. The minimum absolute atomic E-state index is 0.0366. The highest BCUT2D eigenvalue weighted by atomic mass is 16.1. The zero-order valence-electron chi connectivity index (χ0n) is 14.9. The van der Waals surface area contributed by atoms with E-state index in [-0.39, 0.29) is 5.91 Å². The van der Waals surface area contributed by atoms with Crippen LogP contribution in [0.25, 0.3) is 0 Å². The van der Waals surface area contributed by atoms with E-state index < -0.39 is 0 Å². The van der Waals surface area contributed by atoms with Crippen LogP contribution < -0.4 is 10.2 Å². The third-order valence-electron chi connectivity index (χ3n) is 4.77. The Morgan fingerprint density at radius 1 is 0.920 bits per heavy atom. The van der Waals surface area contributed by atoms with E-state index in [1.807, 2.05) is 0 Å². The van der Waals surface area contributed by atoms with Crippen molar-refractivity contribution in [3.63, 3.8) is 0 Å². The summed E-state index contributed by atoms with van der Waals surface area (Å²) in [5.41, 5.74) is 4.03. The fraction of sp³-hybridized carbons (Fsp3) is 0.381. The van der Waals surface area contributed by atoms with Crippen molar-refractivity contribution in [3.05, 3.63) is 65.7 Å². The number of carbonyl (C=O) groups excluding carboxylic acids is 1. The standard InChI is InChI=1S/C21H27N3O/c1-18(25)22-12-11-19-7-5-6-8-20(19)17-23-13-15-24(16-14-23)21-9-3-2-4-10-21/h2-10H,11-17H2,1H3,(H,22,25). The van der Waals surface area contributed by atoms with E-state index in [0.29, 0.717) is 6.54 Å². The zero-order chi connectivity index (χ0) is 17.5. The van der Waals surface area contributed by atoms with Crippen LogP contribution in [0.3, 0.4) is 0 Å². The number of piperazine rings is 1. The number of anilines is 1. The largest absolute Gasteiger partial charge is 0.369 e. The van der Waals surface area contributed by atoms with Crippen molar-refractivity contribution < 1.29 is 4.79 Å². The first-order valence-corrected chi connectivity index (χ1v) is 9.06. The van der Waals surface area contributed by atoms with Crippen LogP contribution in [0.5, 0.6) is 0 Å². The molecular weight excluding hydrogens is 310 g/mol. The number of para-hydroxylation sites is 1. The lowest BCUT2D eigenvalue weighted by Gasteiger charge is -2.36. The van der Waals surface area contributed by atoms with Gasteiger partial charge in [0, 0.05) is 51.9 Å². The van der Waals surface area contributed by atoms with Gasteiger partial charge in [0.2, 0.25) is 5.91 Å². The molecule has 0 aromatic heterocycles. The van der Waals surface area contributed by atoms with Crippen molar-refractivity contribution in [2.75, 3.05) is 37.6 Å². The van der Waals surface area contributed by atoms with Gasteiger partial charge in [-0.1, -0.05) is 42.5 Å². The molecule has 1 saturated heterocycles. The Morgan fingerprint density at radius 2 is 1.56 bits per heavy atom. The smallest absolute Gasteiger partial charge is 0.216 e. The molecule has 1 aliphatic rings. The lowest BCUT2D eigenvalue weighted by molar-refractivity contribution is -0.118. The van der Waals surface area contributed by atoms with Crippen LogP contribution in [0.4, 0.5) is 5.69 Å². The summed E-state index contributed by atoms with van der Waals surface area (Å²) in [6.45, 7) is 7.55. The number of nitrogens with zero attached hydrogens (tertiary/aromatic N) is 2. The number of hydrogen-bond acceptors (Lipinski definition) is 3. The molecule has 1 amide bonds. The molecule has 1 heterocycles. The second kappa shape index (κ2) is 8.67. The molecule has 132 valence electrons. The minimum Gasteiger partial charge on any atom is -0.369 e. The second-order valence-corrected chi connectivity index (χ2v) is 6.60. The predicted octanol–water partition coefficient (Wildman–Crippen LogP) is 2.69. The summed E-state index contributed by atoms with van der Waals surface area (Å²) in [4.78, 5) is 16.0. The highest BCUT2D eigenvalue weighted by Gasteiger charge is 2.17. The Kier molecular flexibility index (Phi) is 6.07. The van der Waals surface area contributed by atoms with Crippen molar-refractivity contribution in [2.45, 2.75) is 19.9 Å². The maximum absolute atomic E-state index is 11.1. The van der Waals surface area contributed by atoms with Crippen molar-refractivity contribution in [3.8, 4) is 0 Å². The third kappa shape index (κ3) is 5.07. The summed E-state index contributed by atoms with van der Waals surface area (Å²) in [5.74, 6) is 0.0366. The predicted molar refractivity (Wildman–Crippen MR) is 103 cm³/mol. The van der Waals surface area contributed by atoms with Gasteiger partial charge in [0.25, 0.3) is 0 Å². The van der Waals surface area contributed by atoms with Crippen molar-refractivity contribution in [1.29, 1.82) is 0 Å². The van der Waals surface area contributed by atoms with Crippen LogP contribution in [0.15, 0.2) is 54.6 Å². The van der Waals surface area contributed by atoms with E-state index >= 15 is 0 Å². The van der Waals surface area contributed by atoms with Crippen LogP contribution >= 0.6 is 0 Å². The Balaban J connectivity index is 1.54. The molecule has 0 unspecified atom stereocenters. The van der Waals surface area contributed by atoms with Gasteiger partial charge in [-0.05, 0) is 29.7 Å². The summed E-state index contributed by atoms with van der Waals surface area (Å²) in [5, 5.41) is 2.89. The molecule has 1 N–H and O–H groups in total. The maximum Gasteiger partial charge on any atom is 0.216 e. The van der Waals surface area contributed by atoms with E-state index in [4.69, 9.17) is 0 Å². The molecule has 1 fully saturated rings. The van der Waals surface area contributed by atoms with Crippen LogP contribution in [-0.2, 0) is 17.8 Å². The van der Waals surface area contributed by atoms with Gasteiger partial charge < -0.3 is 10.2 Å². The average molecular weight is 337 g/mol. The highest BCUT2D eigenvalue weighted by Crippen LogP contribution is 2.18. The Morgan fingerprint density at radius 3 is 2.24 bits per heavy atom. The first kappa shape index (κ1) is 17.5. The molecule has 1 aliphatic heterocycles. The summed E-state index contributed by atoms with van der Waals surface area (Å²) in [6, 6.07) is 19.2. The number of benzene rings is 2. The quantitative estimate of drug-likeness (QED) is 0.880. The maximum atomic E-state index is 11.1. The summed E-state index contributed by atoms with van der Waals surface area (Å²) in [6.07, 6.45) is 0.889. The topological polar surface area (TPSA) is 35.6 Å². The van der Waals surface area contributed by atoms with Crippen molar-refractivity contribution in [1.82, 2.24) is 10.2 Å². The summed E-state index contributed by atoms with van der Waals surface area (Å²) < 4.78 is 0. The van der Waals surface area contributed by atoms with Gasteiger partial charge >= 0.3 is 0 Å². The van der Waals surface area contributed by atoms with E-state index in [0.717, 1.165) is 39.1 Å². The molecule has 2 aromatic rings. The van der Waals surface area contributed by atoms with Gasteiger partial charge in [-0.25, -0.2) is 0 Å². The first-order chi connectivity index (χ1) is 12.2. The normalized spacial score (nSPS) is 15.2. The molecule has 3 rings (SSSR count). The first-order valence-electron chi connectivity index (χ1n) is 9.06. The van der Waals surface area contributed by atoms with E-state index in [9.17, 15) is 4.79 Å². The van der Waals surface area contributed by atoms with Crippen LogP contribution in [-0.4, -0.2) is 43.5 Å². The Hall–Kier alpha value is -2.33. The van der Waals surface area contributed by atoms with Gasteiger partial charge in [0.1, 0.15) is 0 Å². The average Bonchev–Trinajstić information content (AvgIpc) is 2.64. The monoisotopic (exact) mass is 337 g/mol. The van der Waals surface area contributed by atoms with E-state index in [2.05, 4.69) is 69.7 Å². The Labute approximate surface area is 150 Å². The van der Waals surface area contributed by atoms with Crippen molar-refractivity contribution in [2.24, 2.45) is 0 Å². The van der Waals surface area contributed by atoms with Gasteiger partial charge in [-0.2, -0.15) is 0 Å². The molecule has 0 spiro atoms. The van der Waals surface area contributed by atoms with Crippen molar-refractivity contribution >= 4 is 11.6 Å². The molecule has 4 heteroatoms. The zero-order valence-corrected chi connectivity index (χ0v) is 14.9. The SMILES string of the molecule is CC(=O)NCCc1ccccc1CN1CCN(c2ccccc2)CC1. The van der Waals surface area contributed by atoms with Gasteiger partial charge in [-0.3, -0.25) is 9.69 Å². The Bertz CT molecular complexity index is 679. The second-order valence-electron chi connectivity index (χ2n) is 6.60. The molecule has 0 bridgehead atoms. The molecule has 2 aromatic carbocycles. The van der Waals surface area contributed by atoms with Gasteiger partial charge in [0.05, 0.1) is 0 Å². The molecule has 0 aliphatic carbocycles. The fourth-order valence-corrected chi connectivity index (χ4v) is 3.37. The number of amides is 1.